The van der Waals surface area contributed by atoms with Gasteiger partial charge in [-0.3, -0.25) is 4.79 Å². The van der Waals surface area contributed by atoms with E-state index in [1.165, 1.54) is 0 Å². The van der Waals surface area contributed by atoms with Crippen molar-refractivity contribution in [3.05, 3.63) is 114 Å². The smallest absolute Gasteiger partial charge is 0.178 e. The Bertz CT molecular complexity index is 1500. The highest BCUT2D eigenvalue weighted by Gasteiger charge is 2.36. The van der Waals surface area contributed by atoms with Crippen LogP contribution in [0.3, 0.4) is 0 Å². The molecule has 0 radical (unpaired) electrons. The topological polar surface area (TPSA) is 46.5 Å². The van der Waals surface area contributed by atoms with Gasteiger partial charge in [-0.05, 0) is 45.8 Å². The Morgan fingerprint density at radius 2 is 1.23 bits per heavy atom. The monoisotopic (exact) mass is 402 g/mol. The fraction of sp³-hybridized carbons (Fsp3) is 0.0357. The second-order valence-corrected chi connectivity index (χ2v) is 7.81. The van der Waals surface area contributed by atoms with Crippen LogP contribution in [0.15, 0.2) is 97.1 Å². The Labute approximate surface area is 179 Å². The van der Waals surface area contributed by atoms with Gasteiger partial charge in [0.15, 0.2) is 5.78 Å². The number of hydrogen-bond donors (Lipinski definition) is 1. The van der Waals surface area contributed by atoms with Crippen LogP contribution in [0.5, 0.6) is 17.2 Å². The van der Waals surface area contributed by atoms with Crippen LogP contribution in [0.1, 0.15) is 27.4 Å². The Morgan fingerprint density at radius 3 is 2.00 bits per heavy atom. The number of para-hydroxylation sites is 1. The number of benzene rings is 5. The second kappa shape index (κ2) is 6.71. The number of carbonyl (C=O) groups is 1. The number of phenolic OH excluding ortho intramolecular Hbond substituents is 1. The summed E-state index contributed by atoms with van der Waals surface area (Å²) in [5.41, 5.74) is 1.91. The highest BCUT2D eigenvalue weighted by molar-refractivity contribution is 6.11. The maximum atomic E-state index is 14.0. The molecule has 31 heavy (non-hydrogen) atoms. The molecule has 1 heterocycles. The molecule has 0 saturated carbocycles. The third-order valence-corrected chi connectivity index (χ3v) is 6.09. The molecule has 0 aromatic heterocycles. The number of Topliss-reactive ketones (excluding diaryl/α,β-unsaturated/α-hetero) is 1. The zero-order valence-electron chi connectivity index (χ0n) is 16.6. The van der Waals surface area contributed by atoms with Gasteiger partial charge in [0, 0.05) is 11.1 Å². The van der Waals surface area contributed by atoms with Gasteiger partial charge in [-0.2, -0.15) is 0 Å². The number of phenols is 1. The number of ketones is 1. The molecule has 1 aliphatic rings. The Hall–Kier alpha value is -4.11. The highest BCUT2D eigenvalue weighted by Crippen LogP contribution is 2.48. The van der Waals surface area contributed by atoms with E-state index in [9.17, 15) is 9.90 Å². The zero-order valence-corrected chi connectivity index (χ0v) is 16.6. The van der Waals surface area contributed by atoms with E-state index in [-0.39, 0.29) is 11.5 Å². The molecule has 0 saturated heterocycles. The normalized spacial score (nSPS) is 15.2. The van der Waals surface area contributed by atoms with Gasteiger partial charge >= 0.3 is 0 Å². The molecular formula is C28H18O3. The van der Waals surface area contributed by atoms with E-state index in [4.69, 9.17) is 4.74 Å². The van der Waals surface area contributed by atoms with Crippen molar-refractivity contribution >= 4 is 27.3 Å². The van der Waals surface area contributed by atoms with Crippen molar-refractivity contribution in [2.45, 2.75) is 5.92 Å². The first kappa shape index (κ1) is 17.7. The van der Waals surface area contributed by atoms with E-state index in [1.807, 2.05) is 84.9 Å². The van der Waals surface area contributed by atoms with E-state index in [0.717, 1.165) is 27.1 Å². The Morgan fingerprint density at radius 1 is 0.613 bits per heavy atom. The van der Waals surface area contributed by atoms with Crippen molar-refractivity contribution in [1.29, 1.82) is 0 Å². The van der Waals surface area contributed by atoms with Crippen LogP contribution in [0.4, 0.5) is 0 Å². The van der Waals surface area contributed by atoms with E-state index >= 15 is 0 Å². The molecule has 5 aromatic carbocycles. The molecule has 148 valence electrons. The molecule has 3 nitrogen and oxygen atoms in total. The van der Waals surface area contributed by atoms with Gasteiger partial charge in [0.05, 0.1) is 11.5 Å². The molecule has 0 spiro atoms. The summed E-state index contributed by atoms with van der Waals surface area (Å²) in [5, 5.41) is 14.8. The lowest BCUT2D eigenvalue weighted by molar-refractivity contribution is 0.0974. The average Bonchev–Trinajstić information content (AvgIpc) is 2.93. The lowest BCUT2D eigenvalue weighted by atomic mass is 9.80. The minimum atomic E-state index is -0.698. The molecule has 1 unspecified atom stereocenters. The fourth-order valence-electron chi connectivity index (χ4n) is 4.69. The molecule has 3 heteroatoms. The summed E-state index contributed by atoms with van der Waals surface area (Å²) in [6.45, 7) is 0. The third-order valence-electron chi connectivity index (χ3n) is 6.09. The van der Waals surface area contributed by atoms with E-state index in [0.29, 0.717) is 22.6 Å². The van der Waals surface area contributed by atoms with Crippen molar-refractivity contribution in [3.63, 3.8) is 0 Å². The predicted molar refractivity (Wildman–Crippen MR) is 122 cm³/mol. The van der Waals surface area contributed by atoms with Crippen molar-refractivity contribution in [3.8, 4) is 17.2 Å². The molecule has 0 amide bonds. The number of hydrogen-bond acceptors (Lipinski definition) is 3. The molecule has 1 N–H and O–H groups in total. The zero-order chi connectivity index (χ0) is 20.9. The number of ether oxygens (including phenoxy) is 1. The maximum absolute atomic E-state index is 14.0. The Kier molecular flexibility index (Phi) is 3.84. The molecule has 0 bridgehead atoms. The molecule has 0 fully saturated rings. The summed E-state index contributed by atoms with van der Waals surface area (Å²) in [6, 6.07) is 30.6. The number of fused-ring (bicyclic) bond motifs is 5. The molecule has 1 aliphatic heterocycles. The van der Waals surface area contributed by atoms with Crippen LogP contribution in [0, 0.1) is 0 Å². The van der Waals surface area contributed by atoms with Gasteiger partial charge < -0.3 is 9.84 Å². The molecular weight excluding hydrogens is 384 g/mol. The summed E-state index contributed by atoms with van der Waals surface area (Å²) >= 11 is 0. The number of rotatable bonds is 1. The van der Waals surface area contributed by atoms with Crippen LogP contribution in [-0.4, -0.2) is 10.9 Å². The molecule has 5 aromatic rings. The lowest BCUT2D eigenvalue weighted by Crippen LogP contribution is -2.14. The van der Waals surface area contributed by atoms with Gasteiger partial charge in [0.1, 0.15) is 17.2 Å². The average molecular weight is 402 g/mol. The maximum Gasteiger partial charge on any atom is 0.178 e. The minimum Gasteiger partial charge on any atom is -0.508 e. The standard InChI is InChI=1S/C28H18O3/c29-22-15-13-17-7-1-3-9-19(17)25(22)27-26-20-10-4-2-8-18(20)14-16-24(26)31-23-12-6-5-11-21(23)28(27)30/h1-16,27,29H. The molecule has 6 rings (SSSR count). The van der Waals surface area contributed by atoms with Crippen LogP contribution in [0.25, 0.3) is 21.5 Å². The summed E-state index contributed by atoms with van der Waals surface area (Å²) < 4.78 is 6.28. The van der Waals surface area contributed by atoms with Crippen LogP contribution < -0.4 is 4.74 Å². The first-order chi connectivity index (χ1) is 15.2. The van der Waals surface area contributed by atoms with E-state index in [2.05, 4.69) is 0 Å². The lowest BCUT2D eigenvalue weighted by Gasteiger charge is -2.21. The third kappa shape index (κ3) is 2.63. The SMILES string of the molecule is O=C1c2ccccc2Oc2ccc3ccccc3c2C1c1c(O)ccc2ccccc12. The van der Waals surface area contributed by atoms with Gasteiger partial charge in [-0.1, -0.05) is 72.8 Å². The highest BCUT2D eigenvalue weighted by atomic mass is 16.5. The van der Waals surface area contributed by atoms with Gasteiger partial charge in [-0.15, -0.1) is 0 Å². The van der Waals surface area contributed by atoms with Gasteiger partial charge in [0.2, 0.25) is 0 Å². The van der Waals surface area contributed by atoms with Crippen LogP contribution >= 0.6 is 0 Å². The molecule has 0 aliphatic carbocycles. The van der Waals surface area contributed by atoms with Gasteiger partial charge in [-0.25, -0.2) is 0 Å². The van der Waals surface area contributed by atoms with E-state index in [1.54, 1.807) is 12.1 Å². The second-order valence-electron chi connectivity index (χ2n) is 7.81. The largest absolute Gasteiger partial charge is 0.508 e. The number of aromatic hydroxyl groups is 1. The van der Waals surface area contributed by atoms with Crippen LogP contribution in [0.2, 0.25) is 0 Å². The van der Waals surface area contributed by atoms with Crippen molar-refractivity contribution < 1.29 is 14.6 Å². The first-order valence-electron chi connectivity index (χ1n) is 10.3. The summed E-state index contributed by atoms with van der Waals surface area (Å²) in [4.78, 5) is 14.0. The Balaban J connectivity index is 1.77. The van der Waals surface area contributed by atoms with Crippen molar-refractivity contribution in [2.24, 2.45) is 0 Å². The van der Waals surface area contributed by atoms with Gasteiger partial charge in [0.25, 0.3) is 0 Å². The minimum absolute atomic E-state index is 0.0858. The predicted octanol–water partition coefficient (Wildman–Crippen LogP) is 6.82. The van der Waals surface area contributed by atoms with Crippen molar-refractivity contribution in [2.75, 3.05) is 0 Å². The number of carbonyl (C=O) groups excluding carboxylic acids is 1. The first-order valence-corrected chi connectivity index (χ1v) is 10.3. The van der Waals surface area contributed by atoms with E-state index < -0.39 is 5.92 Å². The summed E-state index contributed by atoms with van der Waals surface area (Å²) in [7, 11) is 0. The summed E-state index contributed by atoms with van der Waals surface area (Å²) in [6.07, 6.45) is 0. The van der Waals surface area contributed by atoms with Crippen LogP contribution in [-0.2, 0) is 0 Å². The quantitative estimate of drug-likeness (QED) is 0.335. The fourth-order valence-corrected chi connectivity index (χ4v) is 4.69. The van der Waals surface area contributed by atoms with Crippen molar-refractivity contribution in [1.82, 2.24) is 0 Å². The molecule has 1 atom stereocenters. The summed E-state index contributed by atoms with van der Waals surface area (Å²) in [5.74, 6) is 0.490.